The van der Waals surface area contributed by atoms with Gasteiger partial charge in [0.25, 0.3) is 3.79 Å². The van der Waals surface area contributed by atoms with Gasteiger partial charge < -0.3 is 0 Å². The van der Waals surface area contributed by atoms with Crippen molar-refractivity contribution in [1.82, 2.24) is 0 Å². The molecule has 0 amide bonds. The van der Waals surface area contributed by atoms with E-state index in [2.05, 4.69) is 0 Å². The zero-order chi connectivity index (χ0) is 7.91. The van der Waals surface area contributed by atoms with Crippen molar-refractivity contribution in [2.75, 3.05) is 0 Å². The highest BCUT2D eigenvalue weighted by atomic mass is 35.6. The fraction of sp³-hybridized carbons (Fsp3) is 0.500. The maximum Gasteiger partial charge on any atom is 0.277 e. The van der Waals surface area contributed by atoms with Crippen LogP contribution < -0.4 is 0 Å². The van der Waals surface area contributed by atoms with Crippen LogP contribution in [-0.4, -0.2) is 3.79 Å². The molecule has 0 saturated heterocycles. The smallest absolute Gasteiger partial charge is 0.199 e. The van der Waals surface area contributed by atoms with Crippen molar-refractivity contribution in [2.45, 2.75) is 10.7 Å². The van der Waals surface area contributed by atoms with E-state index < -0.39 is 3.79 Å². The summed E-state index contributed by atoms with van der Waals surface area (Å²) >= 11 is 14.7. The molecule has 0 saturated carbocycles. The Morgan fingerprint density at radius 1 is 1.22 bits per heavy atom. The highest BCUT2D eigenvalue weighted by molar-refractivity contribution is 6.69. The molecule has 9 heavy (non-hydrogen) atoms. The average Bonchev–Trinajstić information content (AvgIpc) is 1.67. The summed E-state index contributed by atoms with van der Waals surface area (Å²) in [6.45, 7) is 1.43. The van der Waals surface area contributed by atoms with Gasteiger partial charge in [0, 0.05) is 6.92 Å². The monoisotopic (exact) mass is 184 g/mol. The summed E-state index contributed by atoms with van der Waals surface area (Å²) in [6.07, 6.45) is 0. The molecule has 0 atom stereocenters. The standard InChI is InChI=1S/C2Cl3N.C2H3N/c3-2(4,5)1-6;1-2-3/h;1H3. The number of nitriles is 2. The van der Waals surface area contributed by atoms with Crippen LogP contribution in [0.5, 0.6) is 0 Å². The highest BCUT2D eigenvalue weighted by Crippen LogP contribution is 2.23. The molecule has 0 radical (unpaired) electrons. The van der Waals surface area contributed by atoms with E-state index >= 15 is 0 Å². The first-order valence-corrected chi connectivity index (χ1v) is 2.90. The van der Waals surface area contributed by atoms with E-state index in [9.17, 15) is 0 Å². The van der Waals surface area contributed by atoms with Crippen molar-refractivity contribution >= 4 is 34.8 Å². The molecule has 5 heteroatoms. The minimum absolute atomic E-state index is 1.40. The molecule has 0 bridgehead atoms. The van der Waals surface area contributed by atoms with Gasteiger partial charge in [0.05, 0.1) is 6.07 Å². The third-order valence-corrected chi connectivity index (χ3v) is 0.380. The van der Waals surface area contributed by atoms with Crippen molar-refractivity contribution in [2.24, 2.45) is 0 Å². The number of nitrogens with zero attached hydrogens (tertiary/aromatic N) is 2. The number of hydrogen-bond acceptors (Lipinski definition) is 2. The minimum Gasteiger partial charge on any atom is -0.199 e. The molecule has 0 rings (SSSR count). The Morgan fingerprint density at radius 3 is 1.33 bits per heavy atom. The van der Waals surface area contributed by atoms with Crippen LogP contribution in [0.3, 0.4) is 0 Å². The van der Waals surface area contributed by atoms with Crippen LogP contribution >= 0.6 is 34.8 Å². The van der Waals surface area contributed by atoms with Gasteiger partial charge in [-0.3, -0.25) is 0 Å². The molecule has 0 aromatic carbocycles. The van der Waals surface area contributed by atoms with E-state index in [1.165, 1.54) is 13.0 Å². The SMILES string of the molecule is CC#N.N#CC(Cl)(Cl)Cl. The van der Waals surface area contributed by atoms with Crippen LogP contribution in [0.2, 0.25) is 0 Å². The van der Waals surface area contributed by atoms with Gasteiger partial charge in [-0.15, -0.1) is 0 Å². The quantitative estimate of drug-likeness (QED) is 0.544. The third-order valence-electron chi connectivity index (χ3n) is 0.127. The summed E-state index contributed by atoms with van der Waals surface area (Å²) in [5, 5.41) is 15.1. The lowest BCUT2D eigenvalue weighted by Gasteiger charge is -1.90. The Balaban J connectivity index is 0. The second-order valence-corrected chi connectivity index (χ2v) is 3.11. The van der Waals surface area contributed by atoms with Gasteiger partial charge in [-0.2, -0.15) is 10.5 Å². The van der Waals surface area contributed by atoms with Gasteiger partial charge in [0.2, 0.25) is 0 Å². The van der Waals surface area contributed by atoms with E-state index in [4.69, 9.17) is 45.3 Å². The number of rotatable bonds is 0. The topological polar surface area (TPSA) is 47.6 Å². The second kappa shape index (κ2) is 5.98. The number of halogens is 3. The lowest BCUT2D eigenvalue weighted by Crippen LogP contribution is -1.92. The van der Waals surface area contributed by atoms with E-state index in [1.54, 1.807) is 6.07 Å². The van der Waals surface area contributed by atoms with E-state index in [0.717, 1.165) is 0 Å². The van der Waals surface area contributed by atoms with E-state index in [0.29, 0.717) is 0 Å². The van der Waals surface area contributed by atoms with Gasteiger partial charge in [-0.05, 0) is 0 Å². The molecule has 2 nitrogen and oxygen atoms in total. The maximum absolute atomic E-state index is 7.76. The molecule has 0 heterocycles. The van der Waals surface area contributed by atoms with Gasteiger partial charge in [0.15, 0.2) is 0 Å². The second-order valence-electron chi connectivity index (χ2n) is 0.833. The summed E-state index contributed by atoms with van der Waals surface area (Å²) in [7, 11) is 0. The summed E-state index contributed by atoms with van der Waals surface area (Å²) in [5.74, 6) is 0. The van der Waals surface area contributed by atoms with Crippen LogP contribution in [-0.2, 0) is 0 Å². The Kier molecular flexibility index (Phi) is 7.72. The molecule has 0 aliphatic rings. The molecule has 0 N–H and O–H groups in total. The molecule has 0 aliphatic carbocycles. The van der Waals surface area contributed by atoms with Crippen molar-refractivity contribution in [3.8, 4) is 12.1 Å². The molecular formula is C4H3Cl3N2. The van der Waals surface area contributed by atoms with Gasteiger partial charge in [-0.1, -0.05) is 34.8 Å². The van der Waals surface area contributed by atoms with Crippen LogP contribution in [0.15, 0.2) is 0 Å². The Hall–Kier alpha value is -0.150. The summed E-state index contributed by atoms with van der Waals surface area (Å²) in [5.41, 5.74) is 0. The molecule has 0 spiro atoms. The lowest BCUT2D eigenvalue weighted by molar-refractivity contribution is 1.39. The van der Waals surface area contributed by atoms with Gasteiger partial charge in [0.1, 0.15) is 6.07 Å². The summed E-state index contributed by atoms with van der Waals surface area (Å²) in [6, 6.07) is 3.15. The van der Waals surface area contributed by atoms with Crippen LogP contribution in [0, 0.1) is 22.7 Å². The first-order valence-electron chi connectivity index (χ1n) is 1.76. The predicted octanol–water partition coefficient (Wildman–Crippen LogP) is 2.41. The molecule has 0 aromatic heterocycles. The molecule has 0 unspecified atom stereocenters. The average molecular weight is 185 g/mol. The number of hydrogen-bond donors (Lipinski definition) is 0. The molecule has 0 fully saturated rings. The molecule has 0 aromatic rings. The van der Waals surface area contributed by atoms with Gasteiger partial charge >= 0.3 is 0 Å². The highest BCUT2D eigenvalue weighted by Gasteiger charge is 2.16. The van der Waals surface area contributed by atoms with Crippen molar-refractivity contribution < 1.29 is 0 Å². The minimum atomic E-state index is -1.74. The fourth-order valence-electron chi connectivity index (χ4n) is 0. The van der Waals surface area contributed by atoms with Gasteiger partial charge in [-0.25, -0.2) is 0 Å². The molecule has 50 valence electrons. The maximum atomic E-state index is 7.76. The largest absolute Gasteiger partial charge is 0.277 e. The van der Waals surface area contributed by atoms with Crippen LogP contribution in [0.4, 0.5) is 0 Å². The van der Waals surface area contributed by atoms with E-state index in [-0.39, 0.29) is 0 Å². The van der Waals surface area contributed by atoms with Crippen molar-refractivity contribution in [1.29, 1.82) is 10.5 Å². The normalized spacial score (nSPS) is 7.78. The Morgan fingerprint density at radius 2 is 1.33 bits per heavy atom. The zero-order valence-electron chi connectivity index (χ0n) is 4.53. The Labute approximate surface area is 68.5 Å². The fourth-order valence-corrected chi connectivity index (χ4v) is 0. The molecular weight excluding hydrogens is 182 g/mol. The zero-order valence-corrected chi connectivity index (χ0v) is 6.80. The summed E-state index contributed by atoms with van der Waals surface area (Å²) in [4.78, 5) is 0. The summed E-state index contributed by atoms with van der Waals surface area (Å²) < 4.78 is -1.74. The lowest BCUT2D eigenvalue weighted by atomic mass is 10.9. The molecule has 0 aliphatic heterocycles. The van der Waals surface area contributed by atoms with E-state index in [1.807, 2.05) is 0 Å². The first kappa shape index (κ1) is 11.6. The predicted molar refractivity (Wildman–Crippen MR) is 37.2 cm³/mol. The third kappa shape index (κ3) is 33.1. The number of alkyl halides is 3. The first-order chi connectivity index (χ1) is 3.97. The van der Waals surface area contributed by atoms with Crippen LogP contribution in [0.1, 0.15) is 6.92 Å². The Bertz CT molecular complexity index is 135. The van der Waals surface area contributed by atoms with Crippen LogP contribution in [0.25, 0.3) is 0 Å². The van der Waals surface area contributed by atoms with Crippen molar-refractivity contribution in [3.05, 3.63) is 0 Å². The van der Waals surface area contributed by atoms with Crippen molar-refractivity contribution in [3.63, 3.8) is 0 Å².